The van der Waals surface area contributed by atoms with E-state index in [0.717, 1.165) is 6.54 Å². The van der Waals surface area contributed by atoms with Crippen LogP contribution in [0.4, 0.5) is 0 Å². The predicted octanol–water partition coefficient (Wildman–Crippen LogP) is 1.70. The lowest BCUT2D eigenvalue weighted by Crippen LogP contribution is -2.37. The van der Waals surface area contributed by atoms with Crippen molar-refractivity contribution in [3.8, 4) is 11.5 Å². The fourth-order valence-corrected chi connectivity index (χ4v) is 2.67. The van der Waals surface area contributed by atoms with Crippen LogP contribution in [0, 0.1) is 0 Å². The van der Waals surface area contributed by atoms with Crippen LogP contribution < -0.4 is 5.32 Å². The molecule has 0 heterocycles. The largest absolute Gasteiger partial charge is 0.508 e. The number of phenols is 2. The van der Waals surface area contributed by atoms with Gasteiger partial charge in [-0.1, -0.05) is 12.8 Å². The average Bonchev–Trinajstić information content (AvgIpc) is 2.95. The van der Waals surface area contributed by atoms with E-state index in [-0.39, 0.29) is 23.0 Å². The molecule has 2 rings (SSSR count). The highest BCUT2D eigenvalue weighted by Gasteiger charge is 2.19. The summed E-state index contributed by atoms with van der Waals surface area (Å²) in [7, 11) is 2.08. The van der Waals surface area contributed by atoms with Crippen molar-refractivity contribution in [3.63, 3.8) is 0 Å². The quantitative estimate of drug-likeness (QED) is 0.717. The van der Waals surface area contributed by atoms with Gasteiger partial charge < -0.3 is 20.4 Å². The number of benzene rings is 1. The fraction of sp³-hybridized carbons (Fsp3) is 0.533. The van der Waals surface area contributed by atoms with E-state index in [1.165, 1.54) is 43.9 Å². The van der Waals surface area contributed by atoms with E-state index in [2.05, 4.69) is 17.3 Å². The van der Waals surface area contributed by atoms with Crippen LogP contribution in [0.5, 0.6) is 11.5 Å². The van der Waals surface area contributed by atoms with Crippen molar-refractivity contribution < 1.29 is 15.0 Å². The molecule has 5 nitrogen and oxygen atoms in total. The Morgan fingerprint density at radius 1 is 1.35 bits per heavy atom. The summed E-state index contributed by atoms with van der Waals surface area (Å²) < 4.78 is 0. The van der Waals surface area contributed by atoms with Crippen LogP contribution >= 0.6 is 0 Å². The van der Waals surface area contributed by atoms with Crippen LogP contribution in [-0.4, -0.2) is 47.2 Å². The van der Waals surface area contributed by atoms with Gasteiger partial charge in [-0.3, -0.25) is 4.79 Å². The smallest absolute Gasteiger partial charge is 0.255 e. The second kappa shape index (κ2) is 6.61. The molecule has 1 fully saturated rings. The first kappa shape index (κ1) is 14.7. The van der Waals surface area contributed by atoms with Gasteiger partial charge in [-0.15, -0.1) is 0 Å². The molecule has 1 amide bonds. The van der Waals surface area contributed by atoms with Crippen LogP contribution in [0.2, 0.25) is 0 Å². The van der Waals surface area contributed by atoms with Gasteiger partial charge in [0.05, 0.1) is 5.56 Å². The normalized spacial score (nSPS) is 15.7. The number of carbonyl (C=O) groups is 1. The molecule has 0 spiro atoms. The number of rotatable bonds is 5. The maximum absolute atomic E-state index is 11.9. The summed E-state index contributed by atoms with van der Waals surface area (Å²) in [5.74, 6) is -0.515. The minimum atomic E-state index is -0.363. The van der Waals surface area contributed by atoms with E-state index in [0.29, 0.717) is 12.6 Å². The number of nitrogens with zero attached hydrogens (tertiary/aromatic N) is 1. The Bertz CT molecular complexity index is 470. The van der Waals surface area contributed by atoms with E-state index in [1.807, 2.05) is 0 Å². The van der Waals surface area contributed by atoms with E-state index >= 15 is 0 Å². The maximum atomic E-state index is 11.9. The van der Waals surface area contributed by atoms with E-state index in [1.54, 1.807) is 0 Å². The van der Waals surface area contributed by atoms with Crippen LogP contribution in [-0.2, 0) is 0 Å². The molecule has 0 saturated heterocycles. The SMILES string of the molecule is CN(CCNC(=O)c1cc(O)ccc1O)C1CCCC1. The molecule has 0 aromatic heterocycles. The average molecular weight is 278 g/mol. The number of nitrogens with one attached hydrogen (secondary N) is 1. The first-order valence-corrected chi connectivity index (χ1v) is 7.08. The molecule has 0 aliphatic heterocycles. The first-order chi connectivity index (χ1) is 9.58. The minimum Gasteiger partial charge on any atom is -0.508 e. The summed E-state index contributed by atoms with van der Waals surface area (Å²) in [6, 6.07) is 4.56. The monoisotopic (exact) mass is 278 g/mol. The third-order valence-electron chi connectivity index (χ3n) is 3.92. The Labute approximate surface area is 119 Å². The van der Waals surface area contributed by atoms with Gasteiger partial charge in [0.25, 0.3) is 5.91 Å². The highest BCUT2D eigenvalue weighted by atomic mass is 16.3. The van der Waals surface area contributed by atoms with Gasteiger partial charge in [-0.25, -0.2) is 0 Å². The van der Waals surface area contributed by atoms with Crippen molar-refractivity contribution in [1.29, 1.82) is 0 Å². The molecule has 110 valence electrons. The second-order valence-corrected chi connectivity index (χ2v) is 5.38. The Hall–Kier alpha value is -1.75. The third kappa shape index (κ3) is 3.63. The summed E-state index contributed by atoms with van der Waals surface area (Å²) in [6.45, 7) is 1.32. The number of likely N-dealkylation sites (N-methyl/N-ethyl adjacent to an activating group) is 1. The number of amides is 1. The van der Waals surface area contributed by atoms with Gasteiger partial charge in [0.15, 0.2) is 0 Å². The second-order valence-electron chi connectivity index (χ2n) is 5.38. The Morgan fingerprint density at radius 2 is 2.05 bits per heavy atom. The highest BCUT2D eigenvalue weighted by Crippen LogP contribution is 2.23. The van der Waals surface area contributed by atoms with Gasteiger partial charge >= 0.3 is 0 Å². The standard InChI is InChI=1S/C15H22N2O3/c1-17(11-4-2-3-5-11)9-8-16-15(20)13-10-12(18)6-7-14(13)19/h6-7,10-11,18-19H,2-5,8-9H2,1H3,(H,16,20). The van der Waals surface area contributed by atoms with Crippen molar-refractivity contribution in [2.24, 2.45) is 0 Å². The number of hydrogen-bond acceptors (Lipinski definition) is 4. The molecule has 1 aliphatic carbocycles. The lowest BCUT2D eigenvalue weighted by Gasteiger charge is -2.23. The highest BCUT2D eigenvalue weighted by molar-refractivity contribution is 5.97. The summed E-state index contributed by atoms with van der Waals surface area (Å²) in [5, 5.41) is 21.7. The Morgan fingerprint density at radius 3 is 2.75 bits per heavy atom. The van der Waals surface area contributed by atoms with Crippen LogP contribution in [0.25, 0.3) is 0 Å². The van der Waals surface area contributed by atoms with Gasteiger partial charge in [0.2, 0.25) is 0 Å². The summed E-state index contributed by atoms with van der Waals surface area (Å²) in [4.78, 5) is 14.2. The molecular formula is C15H22N2O3. The summed E-state index contributed by atoms with van der Waals surface area (Å²) in [5.41, 5.74) is 0.105. The van der Waals surface area contributed by atoms with Gasteiger partial charge in [-0.2, -0.15) is 0 Å². The van der Waals surface area contributed by atoms with Gasteiger partial charge in [-0.05, 0) is 38.1 Å². The molecule has 1 aliphatic rings. The van der Waals surface area contributed by atoms with Crippen LogP contribution in [0.1, 0.15) is 36.0 Å². The topological polar surface area (TPSA) is 72.8 Å². The Balaban J connectivity index is 1.81. The number of phenolic OH excluding ortho intramolecular Hbond substituents is 2. The van der Waals surface area contributed by atoms with Gasteiger partial charge in [0.1, 0.15) is 11.5 Å². The zero-order valence-electron chi connectivity index (χ0n) is 11.8. The van der Waals surface area contributed by atoms with Crippen molar-refractivity contribution in [2.75, 3.05) is 20.1 Å². The molecule has 0 bridgehead atoms. The Kier molecular flexibility index (Phi) is 4.84. The summed E-state index contributed by atoms with van der Waals surface area (Å²) in [6.07, 6.45) is 5.05. The van der Waals surface area contributed by atoms with Gasteiger partial charge in [0, 0.05) is 19.1 Å². The molecular weight excluding hydrogens is 256 g/mol. The molecule has 0 atom stereocenters. The zero-order valence-corrected chi connectivity index (χ0v) is 11.8. The molecule has 0 unspecified atom stereocenters. The lowest BCUT2D eigenvalue weighted by atomic mass is 10.1. The van der Waals surface area contributed by atoms with Crippen molar-refractivity contribution >= 4 is 5.91 Å². The molecule has 3 N–H and O–H groups in total. The molecule has 0 radical (unpaired) electrons. The van der Waals surface area contributed by atoms with Crippen molar-refractivity contribution in [1.82, 2.24) is 10.2 Å². The molecule has 1 saturated carbocycles. The molecule has 20 heavy (non-hydrogen) atoms. The third-order valence-corrected chi connectivity index (χ3v) is 3.92. The fourth-order valence-electron chi connectivity index (χ4n) is 2.67. The first-order valence-electron chi connectivity index (χ1n) is 7.08. The number of hydrogen-bond donors (Lipinski definition) is 3. The van der Waals surface area contributed by atoms with Crippen molar-refractivity contribution in [2.45, 2.75) is 31.7 Å². The lowest BCUT2D eigenvalue weighted by molar-refractivity contribution is 0.0944. The zero-order chi connectivity index (χ0) is 14.5. The maximum Gasteiger partial charge on any atom is 0.255 e. The minimum absolute atomic E-state index is 0.0315. The van der Waals surface area contributed by atoms with E-state index in [9.17, 15) is 15.0 Å². The molecule has 1 aromatic rings. The number of aromatic hydroxyl groups is 2. The molecule has 5 heteroatoms. The van der Waals surface area contributed by atoms with E-state index < -0.39 is 0 Å². The van der Waals surface area contributed by atoms with Crippen molar-refractivity contribution in [3.05, 3.63) is 23.8 Å². The van der Waals surface area contributed by atoms with Crippen LogP contribution in [0.3, 0.4) is 0 Å². The molecule has 1 aromatic carbocycles. The number of carbonyl (C=O) groups excluding carboxylic acids is 1. The van der Waals surface area contributed by atoms with Crippen LogP contribution in [0.15, 0.2) is 18.2 Å². The predicted molar refractivity (Wildman–Crippen MR) is 77.0 cm³/mol. The summed E-state index contributed by atoms with van der Waals surface area (Å²) >= 11 is 0. The van der Waals surface area contributed by atoms with E-state index in [4.69, 9.17) is 0 Å².